The molecule has 0 amide bonds. The van der Waals surface area contributed by atoms with Crippen LogP contribution in [0, 0.1) is 28.6 Å². The smallest absolute Gasteiger partial charge is 0.306 e. The maximum Gasteiger partial charge on any atom is 0.306 e. The molecule has 1 spiro atoms. The highest BCUT2D eigenvalue weighted by Gasteiger charge is 2.83. The van der Waals surface area contributed by atoms with Gasteiger partial charge in [-0.15, -0.1) is 0 Å². The third-order valence-corrected chi connectivity index (χ3v) is 8.80. The van der Waals surface area contributed by atoms with Crippen molar-refractivity contribution in [3.63, 3.8) is 0 Å². The highest BCUT2D eigenvalue weighted by atomic mass is 16.6. The second kappa shape index (κ2) is 6.73. The molecule has 0 radical (unpaired) electrons. The highest BCUT2D eigenvalue weighted by Crippen LogP contribution is 2.75. The fourth-order valence-corrected chi connectivity index (χ4v) is 7.19. The average Bonchev–Trinajstić information content (AvgIpc) is 3.10. The fourth-order valence-electron chi connectivity index (χ4n) is 7.19. The average molecular weight is 435 g/mol. The molecule has 0 heterocycles. The van der Waals surface area contributed by atoms with Crippen LogP contribution in [0.2, 0.25) is 0 Å². The predicted molar refractivity (Wildman–Crippen MR) is 112 cm³/mol. The first kappa shape index (κ1) is 22.6. The van der Waals surface area contributed by atoms with Gasteiger partial charge in [0, 0.05) is 23.7 Å². The zero-order valence-electron chi connectivity index (χ0n) is 18.9. The number of carbonyl (C=O) groups is 2. The Morgan fingerprint density at radius 2 is 1.90 bits per heavy atom. The van der Waals surface area contributed by atoms with Gasteiger partial charge in [-0.3, -0.25) is 9.59 Å². The highest BCUT2D eigenvalue weighted by molar-refractivity contribution is 5.95. The predicted octanol–water partition coefficient (Wildman–Crippen LogP) is 1.28. The van der Waals surface area contributed by atoms with E-state index in [1.807, 2.05) is 27.7 Å². The first-order valence-corrected chi connectivity index (χ1v) is 11.2. The number of hydrogen-bond acceptors (Lipinski definition) is 7. The Balaban J connectivity index is 1.94. The summed E-state index contributed by atoms with van der Waals surface area (Å²) in [5.74, 6) is -2.26. The van der Waals surface area contributed by atoms with Crippen LogP contribution in [-0.4, -0.2) is 62.2 Å². The summed E-state index contributed by atoms with van der Waals surface area (Å²) in [5.41, 5.74) is -4.62. The van der Waals surface area contributed by atoms with E-state index in [1.165, 1.54) is 0 Å². The summed E-state index contributed by atoms with van der Waals surface area (Å²) in [6, 6.07) is 0. The minimum Gasteiger partial charge on any atom is -0.458 e. The van der Waals surface area contributed by atoms with Gasteiger partial charge in [-0.2, -0.15) is 0 Å². The van der Waals surface area contributed by atoms with Gasteiger partial charge in [0.2, 0.25) is 0 Å². The molecular formula is C24H34O7. The van der Waals surface area contributed by atoms with Gasteiger partial charge < -0.3 is 25.2 Å². The number of allylic oxidation sites excluding steroid dienone is 1. The van der Waals surface area contributed by atoms with E-state index in [2.05, 4.69) is 0 Å². The molecule has 0 unspecified atom stereocenters. The Morgan fingerprint density at radius 1 is 1.26 bits per heavy atom. The number of esters is 1. The normalized spacial score (nSPS) is 47.4. The molecular weight excluding hydrogens is 400 g/mol. The van der Waals surface area contributed by atoms with E-state index >= 15 is 0 Å². The molecule has 4 aliphatic carbocycles. The Labute approximate surface area is 182 Å². The SMILES string of the molecule is CCCC(=O)O[C@@]12C[C@@H](C)[C@]34C=C(C)[C@H](O)[C@@]3(O)[C@H](O)C(CO)=C[C@H](C4=O)[C@@H]1C2(C)C. The Morgan fingerprint density at radius 3 is 2.48 bits per heavy atom. The lowest BCUT2D eigenvalue weighted by atomic mass is 9.59. The molecule has 4 N–H and O–H groups in total. The quantitative estimate of drug-likeness (QED) is 0.388. The molecule has 0 saturated heterocycles. The van der Waals surface area contributed by atoms with Gasteiger partial charge in [-0.1, -0.05) is 39.8 Å². The molecule has 7 heteroatoms. The van der Waals surface area contributed by atoms with Crippen LogP contribution < -0.4 is 0 Å². The third kappa shape index (κ3) is 2.44. The Kier molecular flexibility index (Phi) is 4.92. The summed E-state index contributed by atoms with van der Waals surface area (Å²) in [4.78, 5) is 26.7. The van der Waals surface area contributed by atoms with Gasteiger partial charge in [0.25, 0.3) is 0 Å². The van der Waals surface area contributed by atoms with Gasteiger partial charge in [0.15, 0.2) is 5.78 Å². The number of carbonyl (C=O) groups excluding carboxylic acids is 2. The van der Waals surface area contributed by atoms with Crippen molar-refractivity contribution < 1.29 is 34.8 Å². The van der Waals surface area contributed by atoms with Crippen LogP contribution in [0.25, 0.3) is 0 Å². The number of aliphatic hydroxyl groups is 4. The Bertz CT molecular complexity index is 888. The molecule has 2 bridgehead atoms. The second-order valence-electron chi connectivity index (χ2n) is 10.6. The van der Waals surface area contributed by atoms with E-state index in [4.69, 9.17) is 4.74 Å². The van der Waals surface area contributed by atoms with Crippen LogP contribution in [0.4, 0.5) is 0 Å². The number of ether oxygens (including phenoxy) is 1. The van der Waals surface area contributed by atoms with Crippen LogP contribution in [0.5, 0.6) is 0 Å². The number of rotatable bonds is 4. The molecule has 4 rings (SSSR count). The molecule has 31 heavy (non-hydrogen) atoms. The molecule has 0 aromatic rings. The van der Waals surface area contributed by atoms with Crippen molar-refractivity contribution in [2.75, 3.05) is 6.61 Å². The fraction of sp³-hybridized carbons (Fsp3) is 0.750. The van der Waals surface area contributed by atoms with Gasteiger partial charge >= 0.3 is 5.97 Å². The number of hydrogen-bond donors (Lipinski definition) is 4. The second-order valence-corrected chi connectivity index (χ2v) is 10.6. The molecule has 2 saturated carbocycles. The van der Waals surface area contributed by atoms with E-state index in [1.54, 1.807) is 19.1 Å². The molecule has 2 fully saturated rings. The van der Waals surface area contributed by atoms with Crippen LogP contribution in [0.15, 0.2) is 23.3 Å². The van der Waals surface area contributed by atoms with Gasteiger partial charge in [0.05, 0.1) is 12.0 Å². The minimum absolute atomic E-state index is 0.107. The number of fused-ring (bicyclic) bond motifs is 3. The van der Waals surface area contributed by atoms with Crippen molar-refractivity contribution in [2.45, 2.75) is 77.3 Å². The lowest BCUT2D eigenvalue weighted by molar-refractivity contribution is -0.191. The van der Waals surface area contributed by atoms with E-state index in [0.717, 1.165) is 0 Å². The molecule has 7 nitrogen and oxygen atoms in total. The molecule has 0 aliphatic heterocycles. The largest absolute Gasteiger partial charge is 0.458 e. The van der Waals surface area contributed by atoms with Crippen LogP contribution in [0.3, 0.4) is 0 Å². The lowest BCUT2D eigenvalue weighted by Crippen LogP contribution is -2.65. The van der Waals surface area contributed by atoms with Crippen molar-refractivity contribution >= 4 is 11.8 Å². The third-order valence-electron chi connectivity index (χ3n) is 8.80. The standard InChI is InChI=1S/C24H34O7/c1-6-7-16(26)31-23-10-13(3)22-9-12(2)18(27)24(22,30)19(28)14(11-25)8-15(20(22)29)17(23)21(23,4)5/h8-9,13,15,17-19,25,27-28,30H,6-7,10-11H2,1-5H3/t13-,15+,17-,18+,19-,22+,23+,24-/m1/s1. The topological polar surface area (TPSA) is 124 Å². The maximum absolute atomic E-state index is 14.1. The summed E-state index contributed by atoms with van der Waals surface area (Å²) >= 11 is 0. The maximum atomic E-state index is 14.1. The number of aliphatic hydroxyl groups excluding tert-OH is 3. The summed E-state index contributed by atoms with van der Waals surface area (Å²) in [5, 5.41) is 43.9. The lowest BCUT2D eigenvalue weighted by Gasteiger charge is -2.48. The van der Waals surface area contributed by atoms with Gasteiger partial charge in [-0.25, -0.2) is 0 Å². The van der Waals surface area contributed by atoms with E-state index in [9.17, 15) is 30.0 Å². The van der Waals surface area contributed by atoms with Crippen LogP contribution in [-0.2, 0) is 14.3 Å². The van der Waals surface area contributed by atoms with Crippen molar-refractivity contribution in [1.29, 1.82) is 0 Å². The van der Waals surface area contributed by atoms with Gasteiger partial charge in [-0.05, 0) is 36.8 Å². The summed E-state index contributed by atoms with van der Waals surface area (Å²) in [6.07, 6.45) is 1.35. The van der Waals surface area contributed by atoms with Crippen LogP contribution in [0.1, 0.15) is 53.9 Å². The zero-order valence-corrected chi connectivity index (χ0v) is 18.9. The molecule has 172 valence electrons. The molecule has 0 aromatic heterocycles. The minimum atomic E-state index is -2.20. The van der Waals surface area contributed by atoms with Crippen molar-refractivity contribution in [3.05, 3.63) is 23.3 Å². The van der Waals surface area contributed by atoms with Gasteiger partial charge in [0.1, 0.15) is 23.4 Å². The summed E-state index contributed by atoms with van der Waals surface area (Å²) in [7, 11) is 0. The molecule has 8 atom stereocenters. The van der Waals surface area contributed by atoms with E-state index in [-0.39, 0.29) is 29.7 Å². The summed E-state index contributed by atoms with van der Waals surface area (Å²) in [6.45, 7) is 8.72. The van der Waals surface area contributed by atoms with Crippen LogP contribution >= 0.6 is 0 Å². The monoisotopic (exact) mass is 434 g/mol. The van der Waals surface area contributed by atoms with E-state index in [0.29, 0.717) is 18.4 Å². The zero-order chi connectivity index (χ0) is 23.1. The molecule has 4 aliphatic rings. The first-order valence-electron chi connectivity index (χ1n) is 11.2. The van der Waals surface area contributed by atoms with Crippen molar-refractivity contribution in [2.24, 2.45) is 28.6 Å². The Hall–Kier alpha value is -1.54. The number of ketones is 1. The number of Topliss-reactive ketones (excluding diaryl/α,β-unsaturated/α-hetero) is 1. The van der Waals surface area contributed by atoms with Crippen molar-refractivity contribution in [1.82, 2.24) is 0 Å². The molecule has 0 aromatic carbocycles. The first-order chi connectivity index (χ1) is 14.4. The van der Waals surface area contributed by atoms with E-state index < -0.39 is 52.7 Å². The van der Waals surface area contributed by atoms with Crippen molar-refractivity contribution in [3.8, 4) is 0 Å². The summed E-state index contributed by atoms with van der Waals surface area (Å²) < 4.78 is 6.07.